The van der Waals surface area contributed by atoms with E-state index in [1.54, 1.807) is 6.92 Å². The number of hydrogen-bond acceptors (Lipinski definition) is 3. The predicted molar refractivity (Wildman–Crippen MR) is 51.5 cm³/mol. The van der Waals surface area contributed by atoms with Crippen molar-refractivity contribution in [3.63, 3.8) is 0 Å². The van der Waals surface area contributed by atoms with Gasteiger partial charge in [-0.05, 0) is 17.9 Å². The van der Waals surface area contributed by atoms with E-state index in [-0.39, 0.29) is 11.0 Å². The van der Waals surface area contributed by atoms with Gasteiger partial charge in [-0.2, -0.15) is 0 Å². The van der Waals surface area contributed by atoms with Crippen LogP contribution >= 0.6 is 0 Å². The highest BCUT2D eigenvalue weighted by molar-refractivity contribution is 6.59. The first-order valence-electron chi connectivity index (χ1n) is 4.40. The SMILES string of the molecule is CC[C@@H](O)c1c(F)cccc1B(O)O. The van der Waals surface area contributed by atoms with Gasteiger partial charge >= 0.3 is 7.12 Å². The fraction of sp³-hybridized carbons (Fsp3) is 0.333. The number of aliphatic hydroxyl groups is 1. The van der Waals surface area contributed by atoms with Crippen LogP contribution in [0.3, 0.4) is 0 Å². The van der Waals surface area contributed by atoms with Crippen molar-refractivity contribution in [1.82, 2.24) is 0 Å². The summed E-state index contributed by atoms with van der Waals surface area (Å²) in [6, 6.07) is 3.93. The molecular formula is C9H12BFO3. The van der Waals surface area contributed by atoms with Crippen molar-refractivity contribution in [2.24, 2.45) is 0 Å². The fourth-order valence-corrected chi connectivity index (χ4v) is 1.33. The van der Waals surface area contributed by atoms with Crippen LogP contribution in [-0.2, 0) is 0 Å². The van der Waals surface area contributed by atoms with Crippen LogP contribution in [-0.4, -0.2) is 22.3 Å². The highest BCUT2D eigenvalue weighted by Crippen LogP contribution is 2.17. The zero-order valence-electron chi connectivity index (χ0n) is 7.81. The zero-order valence-corrected chi connectivity index (χ0v) is 7.81. The second kappa shape index (κ2) is 4.55. The average Bonchev–Trinajstić information content (AvgIpc) is 2.16. The lowest BCUT2D eigenvalue weighted by Crippen LogP contribution is -2.34. The molecule has 1 rings (SSSR count). The molecule has 0 aromatic heterocycles. The molecule has 3 nitrogen and oxygen atoms in total. The average molecular weight is 198 g/mol. The second-order valence-electron chi connectivity index (χ2n) is 3.04. The Morgan fingerprint density at radius 1 is 1.43 bits per heavy atom. The Labute approximate surface area is 82.0 Å². The topological polar surface area (TPSA) is 60.7 Å². The highest BCUT2D eigenvalue weighted by atomic mass is 19.1. The van der Waals surface area contributed by atoms with Crippen molar-refractivity contribution in [2.75, 3.05) is 0 Å². The zero-order chi connectivity index (χ0) is 10.7. The Kier molecular flexibility index (Phi) is 3.63. The maximum absolute atomic E-state index is 13.3. The van der Waals surface area contributed by atoms with E-state index in [2.05, 4.69) is 0 Å². The first kappa shape index (κ1) is 11.2. The lowest BCUT2D eigenvalue weighted by atomic mass is 9.75. The molecule has 0 saturated heterocycles. The molecule has 0 unspecified atom stereocenters. The molecule has 0 heterocycles. The maximum atomic E-state index is 13.3. The number of halogens is 1. The lowest BCUT2D eigenvalue weighted by molar-refractivity contribution is 0.169. The monoisotopic (exact) mass is 198 g/mol. The molecule has 1 aromatic rings. The molecule has 0 spiro atoms. The van der Waals surface area contributed by atoms with E-state index >= 15 is 0 Å². The maximum Gasteiger partial charge on any atom is 0.488 e. The summed E-state index contributed by atoms with van der Waals surface area (Å²) in [4.78, 5) is 0. The Balaban J connectivity index is 3.22. The molecule has 14 heavy (non-hydrogen) atoms. The molecule has 3 N–H and O–H groups in total. The molecule has 0 radical (unpaired) electrons. The summed E-state index contributed by atoms with van der Waals surface area (Å²) in [6.07, 6.45) is -0.686. The van der Waals surface area contributed by atoms with Crippen LogP contribution < -0.4 is 5.46 Å². The molecule has 76 valence electrons. The van der Waals surface area contributed by atoms with Gasteiger partial charge in [0.15, 0.2) is 0 Å². The third kappa shape index (κ3) is 2.12. The van der Waals surface area contributed by atoms with E-state index < -0.39 is 19.0 Å². The van der Waals surface area contributed by atoms with Gasteiger partial charge in [0.2, 0.25) is 0 Å². The van der Waals surface area contributed by atoms with Crippen molar-refractivity contribution in [3.05, 3.63) is 29.6 Å². The summed E-state index contributed by atoms with van der Waals surface area (Å²) < 4.78 is 13.3. The van der Waals surface area contributed by atoms with Crippen molar-refractivity contribution < 1.29 is 19.5 Å². The number of rotatable bonds is 3. The summed E-state index contributed by atoms with van der Waals surface area (Å²) in [6.45, 7) is 1.69. The lowest BCUT2D eigenvalue weighted by Gasteiger charge is -2.14. The molecule has 1 atom stereocenters. The second-order valence-corrected chi connectivity index (χ2v) is 3.04. The Morgan fingerprint density at radius 3 is 2.57 bits per heavy atom. The summed E-state index contributed by atoms with van der Waals surface area (Å²) in [5.74, 6) is -0.620. The fourth-order valence-electron chi connectivity index (χ4n) is 1.33. The summed E-state index contributed by atoms with van der Waals surface area (Å²) in [7, 11) is -1.76. The normalized spacial score (nSPS) is 12.6. The first-order valence-corrected chi connectivity index (χ1v) is 4.40. The third-order valence-electron chi connectivity index (χ3n) is 2.08. The summed E-state index contributed by atoms with van der Waals surface area (Å²) in [5.41, 5.74) is -0.0237. The molecular weight excluding hydrogens is 186 g/mol. The van der Waals surface area contributed by atoms with Crippen molar-refractivity contribution >= 4 is 12.6 Å². The van der Waals surface area contributed by atoms with Crippen molar-refractivity contribution in [3.8, 4) is 0 Å². The molecule has 0 amide bonds. The quantitative estimate of drug-likeness (QED) is 0.596. The minimum atomic E-state index is -1.76. The van der Waals surface area contributed by atoms with Gasteiger partial charge in [-0.3, -0.25) is 0 Å². The van der Waals surface area contributed by atoms with E-state index in [4.69, 9.17) is 10.0 Å². The Morgan fingerprint density at radius 2 is 2.07 bits per heavy atom. The van der Waals surface area contributed by atoms with Crippen LogP contribution in [0, 0.1) is 5.82 Å². The van der Waals surface area contributed by atoms with Crippen LogP contribution in [0.25, 0.3) is 0 Å². The van der Waals surface area contributed by atoms with Gasteiger partial charge in [0, 0.05) is 5.56 Å². The van der Waals surface area contributed by atoms with Crippen LogP contribution in [0.5, 0.6) is 0 Å². The molecule has 5 heteroatoms. The van der Waals surface area contributed by atoms with Crippen LogP contribution in [0.15, 0.2) is 18.2 Å². The van der Waals surface area contributed by atoms with Gasteiger partial charge in [0.1, 0.15) is 5.82 Å². The van der Waals surface area contributed by atoms with Gasteiger partial charge in [-0.25, -0.2) is 4.39 Å². The molecule has 0 aliphatic carbocycles. The Hall–Kier alpha value is -0.905. The molecule has 0 aliphatic rings. The van der Waals surface area contributed by atoms with Gasteiger partial charge in [-0.1, -0.05) is 19.1 Å². The van der Waals surface area contributed by atoms with Crippen molar-refractivity contribution in [2.45, 2.75) is 19.4 Å². The van der Waals surface area contributed by atoms with Crippen LogP contribution in [0.4, 0.5) is 4.39 Å². The molecule has 0 fully saturated rings. The Bertz CT molecular complexity index is 317. The summed E-state index contributed by atoms with van der Waals surface area (Å²) in [5, 5.41) is 27.4. The third-order valence-corrected chi connectivity index (χ3v) is 2.08. The molecule has 0 saturated carbocycles. The van der Waals surface area contributed by atoms with E-state index in [1.807, 2.05) is 0 Å². The smallest absolute Gasteiger partial charge is 0.423 e. The largest absolute Gasteiger partial charge is 0.488 e. The molecule has 1 aromatic carbocycles. The molecule has 0 bridgehead atoms. The van der Waals surface area contributed by atoms with Gasteiger partial charge in [-0.15, -0.1) is 0 Å². The molecule has 0 aliphatic heterocycles. The first-order chi connectivity index (χ1) is 6.57. The van der Waals surface area contributed by atoms with E-state index in [9.17, 15) is 9.50 Å². The van der Waals surface area contributed by atoms with Gasteiger partial charge in [0.25, 0.3) is 0 Å². The van der Waals surface area contributed by atoms with E-state index in [0.717, 1.165) is 0 Å². The standard InChI is InChI=1S/C9H12BFO3/c1-2-8(12)9-6(10(13)14)4-3-5-7(9)11/h3-5,8,12-14H,2H2,1H3/t8-/m1/s1. The number of hydrogen-bond donors (Lipinski definition) is 3. The van der Waals surface area contributed by atoms with Crippen LogP contribution in [0.1, 0.15) is 25.0 Å². The minimum Gasteiger partial charge on any atom is -0.423 e. The van der Waals surface area contributed by atoms with Gasteiger partial charge < -0.3 is 15.2 Å². The highest BCUT2D eigenvalue weighted by Gasteiger charge is 2.22. The van der Waals surface area contributed by atoms with E-state index in [1.165, 1.54) is 18.2 Å². The minimum absolute atomic E-state index is 0.0133. The van der Waals surface area contributed by atoms with Crippen LogP contribution in [0.2, 0.25) is 0 Å². The predicted octanol–water partition coefficient (Wildman–Crippen LogP) is -0.0511. The van der Waals surface area contributed by atoms with Crippen molar-refractivity contribution in [1.29, 1.82) is 0 Å². The number of benzene rings is 1. The number of aliphatic hydroxyl groups excluding tert-OH is 1. The van der Waals surface area contributed by atoms with Gasteiger partial charge in [0.05, 0.1) is 6.10 Å². The van der Waals surface area contributed by atoms with E-state index in [0.29, 0.717) is 6.42 Å². The summed E-state index contributed by atoms with van der Waals surface area (Å²) >= 11 is 0.